The average molecular weight is 437 g/mol. The fourth-order valence-corrected chi connectivity index (χ4v) is 3.00. The number of hydrazone groups is 1. The van der Waals surface area contributed by atoms with Crippen LogP contribution in [0.3, 0.4) is 0 Å². The second-order valence-electron chi connectivity index (χ2n) is 5.32. The predicted molar refractivity (Wildman–Crippen MR) is 108 cm³/mol. The number of nitrogens with zero attached hydrogens (tertiary/aromatic N) is 3. The Kier molecular flexibility index (Phi) is 7.30. The smallest absolute Gasteiger partial charge is 0.277 e. The lowest BCUT2D eigenvalue weighted by Crippen LogP contribution is -2.19. The zero-order chi connectivity index (χ0) is 19.8. The Morgan fingerprint density at radius 3 is 2.82 bits per heavy atom. The number of nitrogens with one attached hydrogen (secondary N) is 1. The second kappa shape index (κ2) is 10.1. The van der Waals surface area contributed by atoms with E-state index in [1.54, 1.807) is 24.4 Å². The molecule has 144 valence electrons. The van der Waals surface area contributed by atoms with Crippen LogP contribution in [0, 0.1) is 0 Å². The zero-order valence-electron chi connectivity index (χ0n) is 14.3. The maximum atomic E-state index is 11.8. The molecule has 3 aromatic rings. The Hall–Kier alpha value is -2.55. The molecule has 0 unspecified atom stereocenters. The van der Waals surface area contributed by atoms with Gasteiger partial charge in [-0.2, -0.15) is 5.10 Å². The third kappa shape index (κ3) is 6.26. The number of amides is 1. The molecule has 0 aliphatic heterocycles. The summed E-state index contributed by atoms with van der Waals surface area (Å²) in [6.07, 6.45) is 1.56. The van der Waals surface area contributed by atoms with Gasteiger partial charge in [-0.25, -0.2) is 5.43 Å². The average Bonchev–Trinajstić information content (AvgIpc) is 3.14. The minimum absolute atomic E-state index is 0.0441. The Labute approximate surface area is 175 Å². The number of aromatic nitrogens is 2. The highest BCUT2D eigenvalue weighted by Gasteiger charge is 2.11. The van der Waals surface area contributed by atoms with E-state index < -0.39 is 0 Å². The Balaban J connectivity index is 1.42. The van der Waals surface area contributed by atoms with Gasteiger partial charge in [-0.1, -0.05) is 65.3 Å². The summed E-state index contributed by atoms with van der Waals surface area (Å²) in [7, 11) is 0. The lowest BCUT2D eigenvalue weighted by atomic mass is 10.2. The molecule has 0 aliphatic carbocycles. The summed E-state index contributed by atoms with van der Waals surface area (Å²) in [6.45, 7) is 0.0441. The minimum atomic E-state index is -0.291. The Morgan fingerprint density at radius 2 is 2.04 bits per heavy atom. The van der Waals surface area contributed by atoms with Gasteiger partial charge < -0.3 is 9.15 Å². The first kappa shape index (κ1) is 20.2. The number of benzene rings is 2. The summed E-state index contributed by atoms with van der Waals surface area (Å²) in [6, 6.07) is 14.3. The van der Waals surface area contributed by atoms with Crippen LogP contribution >= 0.6 is 35.0 Å². The standard InChI is InChI=1S/C18H14Cl2N4O3S/c19-13-6-7-15(14(20)8-13)26-10-17-23-24-18(27-17)28-11-16(25)22-21-9-12-4-2-1-3-5-12/h1-9H,10-11H2,(H,22,25)/b21-9-. The number of carbonyl (C=O) groups is 1. The van der Waals surface area contributed by atoms with Crippen molar-refractivity contribution in [3.05, 3.63) is 70.0 Å². The number of carbonyl (C=O) groups excluding carboxylic acids is 1. The van der Waals surface area contributed by atoms with Crippen LogP contribution in [0.5, 0.6) is 5.75 Å². The van der Waals surface area contributed by atoms with Gasteiger partial charge in [0, 0.05) is 5.02 Å². The lowest BCUT2D eigenvalue weighted by Gasteiger charge is -2.05. The van der Waals surface area contributed by atoms with E-state index in [-0.39, 0.29) is 29.4 Å². The van der Waals surface area contributed by atoms with Crippen molar-refractivity contribution in [3.8, 4) is 5.75 Å². The SMILES string of the molecule is O=C(CSc1nnc(COc2ccc(Cl)cc2Cl)o1)N/N=C\c1ccccc1. The van der Waals surface area contributed by atoms with Gasteiger partial charge in [0.25, 0.3) is 17.0 Å². The second-order valence-corrected chi connectivity index (χ2v) is 7.09. The molecule has 1 N–H and O–H groups in total. The molecule has 0 saturated heterocycles. The molecule has 7 nitrogen and oxygen atoms in total. The molecule has 0 radical (unpaired) electrons. The number of ether oxygens (including phenoxy) is 1. The van der Waals surface area contributed by atoms with Gasteiger partial charge in [-0.15, -0.1) is 10.2 Å². The molecule has 2 aromatic carbocycles. The highest BCUT2D eigenvalue weighted by molar-refractivity contribution is 7.99. The molecule has 0 saturated carbocycles. The third-order valence-corrected chi connectivity index (χ3v) is 4.57. The number of hydrogen-bond acceptors (Lipinski definition) is 7. The van der Waals surface area contributed by atoms with E-state index in [1.807, 2.05) is 30.3 Å². The van der Waals surface area contributed by atoms with Gasteiger partial charge in [0.15, 0.2) is 6.61 Å². The Bertz CT molecular complexity index is 966. The van der Waals surface area contributed by atoms with Crippen molar-refractivity contribution in [1.29, 1.82) is 0 Å². The molecule has 0 atom stereocenters. The van der Waals surface area contributed by atoms with Crippen LogP contribution < -0.4 is 10.2 Å². The molecule has 0 fully saturated rings. The van der Waals surface area contributed by atoms with Gasteiger partial charge in [0.05, 0.1) is 17.0 Å². The highest BCUT2D eigenvalue weighted by Crippen LogP contribution is 2.28. The van der Waals surface area contributed by atoms with Crippen molar-refractivity contribution < 1.29 is 13.9 Å². The van der Waals surface area contributed by atoms with Crippen molar-refractivity contribution in [3.63, 3.8) is 0 Å². The normalized spacial score (nSPS) is 10.9. The summed E-state index contributed by atoms with van der Waals surface area (Å²) in [5, 5.41) is 12.8. The first-order valence-electron chi connectivity index (χ1n) is 8.00. The van der Waals surface area contributed by atoms with Crippen molar-refractivity contribution in [2.45, 2.75) is 11.8 Å². The van der Waals surface area contributed by atoms with Gasteiger partial charge in [0.1, 0.15) is 5.75 Å². The van der Waals surface area contributed by atoms with Crippen LogP contribution in [-0.4, -0.2) is 28.1 Å². The molecule has 3 rings (SSSR count). The number of halogens is 2. The van der Waals surface area contributed by atoms with E-state index in [0.717, 1.165) is 17.3 Å². The first-order chi connectivity index (χ1) is 13.6. The lowest BCUT2D eigenvalue weighted by molar-refractivity contribution is -0.118. The van der Waals surface area contributed by atoms with E-state index in [1.165, 1.54) is 0 Å². The molecule has 28 heavy (non-hydrogen) atoms. The maximum Gasteiger partial charge on any atom is 0.277 e. The van der Waals surface area contributed by atoms with E-state index in [0.29, 0.717) is 15.8 Å². The van der Waals surface area contributed by atoms with E-state index >= 15 is 0 Å². The molecule has 0 spiro atoms. The summed E-state index contributed by atoms with van der Waals surface area (Å²) in [5.74, 6) is 0.503. The highest BCUT2D eigenvalue weighted by atomic mass is 35.5. The monoisotopic (exact) mass is 436 g/mol. The molecule has 0 bridgehead atoms. The summed E-state index contributed by atoms with van der Waals surface area (Å²) < 4.78 is 10.9. The molecule has 10 heteroatoms. The van der Waals surface area contributed by atoms with Crippen LogP contribution in [0.1, 0.15) is 11.5 Å². The summed E-state index contributed by atoms with van der Waals surface area (Å²) in [4.78, 5) is 11.8. The number of thioether (sulfide) groups is 1. The van der Waals surface area contributed by atoms with Crippen molar-refractivity contribution in [2.75, 3.05) is 5.75 Å². The van der Waals surface area contributed by atoms with E-state index in [9.17, 15) is 4.79 Å². The van der Waals surface area contributed by atoms with Crippen LogP contribution in [0.15, 0.2) is 63.3 Å². The first-order valence-corrected chi connectivity index (χ1v) is 9.74. The van der Waals surface area contributed by atoms with Crippen LogP contribution in [-0.2, 0) is 11.4 Å². The van der Waals surface area contributed by atoms with E-state index in [4.69, 9.17) is 32.4 Å². The fourth-order valence-electron chi connectivity index (χ4n) is 1.96. The van der Waals surface area contributed by atoms with Crippen LogP contribution in [0.4, 0.5) is 0 Å². The van der Waals surface area contributed by atoms with Crippen molar-refractivity contribution >= 4 is 47.1 Å². The van der Waals surface area contributed by atoms with Crippen LogP contribution in [0.2, 0.25) is 10.0 Å². The van der Waals surface area contributed by atoms with Gasteiger partial charge in [0.2, 0.25) is 0 Å². The molecular weight excluding hydrogens is 423 g/mol. The van der Waals surface area contributed by atoms with Gasteiger partial charge in [-0.05, 0) is 23.8 Å². The summed E-state index contributed by atoms with van der Waals surface area (Å²) >= 11 is 13.0. The zero-order valence-corrected chi connectivity index (χ0v) is 16.7. The van der Waals surface area contributed by atoms with Crippen LogP contribution in [0.25, 0.3) is 0 Å². The predicted octanol–water partition coefficient (Wildman–Crippen LogP) is 4.20. The summed E-state index contributed by atoms with van der Waals surface area (Å²) in [5.41, 5.74) is 3.32. The van der Waals surface area contributed by atoms with Gasteiger partial charge in [-0.3, -0.25) is 4.79 Å². The maximum absolute atomic E-state index is 11.8. The molecule has 1 heterocycles. The number of rotatable bonds is 8. The minimum Gasteiger partial charge on any atom is -0.482 e. The largest absolute Gasteiger partial charge is 0.482 e. The van der Waals surface area contributed by atoms with Gasteiger partial charge >= 0.3 is 0 Å². The van der Waals surface area contributed by atoms with Crippen molar-refractivity contribution in [2.24, 2.45) is 5.10 Å². The quantitative estimate of drug-likeness (QED) is 0.323. The molecular formula is C18H14Cl2N4O3S. The van der Waals surface area contributed by atoms with Crippen molar-refractivity contribution in [1.82, 2.24) is 15.6 Å². The number of hydrogen-bond donors (Lipinski definition) is 1. The molecule has 1 amide bonds. The van der Waals surface area contributed by atoms with E-state index in [2.05, 4.69) is 20.7 Å². The molecule has 1 aromatic heterocycles. The fraction of sp³-hybridized carbons (Fsp3) is 0.111. The Morgan fingerprint density at radius 1 is 1.21 bits per heavy atom. The molecule has 0 aliphatic rings. The third-order valence-electron chi connectivity index (χ3n) is 3.22. The topological polar surface area (TPSA) is 89.6 Å².